The van der Waals surface area contributed by atoms with Crippen molar-refractivity contribution in [3.05, 3.63) is 259 Å². The number of hydrogen-bond acceptors (Lipinski definition) is 2. The fourth-order valence-electron chi connectivity index (χ4n) is 10.9. The molecule has 0 amide bonds. The Morgan fingerprint density at radius 1 is 0.317 bits per heavy atom. The smallest absolute Gasteiger partial charge is 0.132 e. The second kappa shape index (κ2) is 13.9. The standard InChI is InChI=1S/C61H39NO/c1-3-18-40(19-4-1)43-34-36-55-53(38-43)61(51-30-13-15-32-57(51)63-58-33-16-14-31-52(58)61)54-39-44(41-20-5-2-6-21-41)35-37-56(54)62(55)60-49-27-11-9-25-47(49)59(48-26-10-12-28-50(48)60)46-29-17-23-42-22-7-8-24-45(42)46/h1-39H. The molecule has 2 aliphatic rings. The van der Waals surface area contributed by atoms with Gasteiger partial charge in [0.15, 0.2) is 0 Å². The number of ether oxygens (including phenoxy) is 1. The minimum absolute atomic E-state index is 0.739. The molecule has 0 saturated carbocycles. The fraction of sp³-hybridized carbons (Fsp3) is 0.0164. The zero-order chi connectivity index (χ0) is 41.5. The Morgan fingerprint density at radius 3 is 1.32 bits per heavy atom. The quantitative estimate of drug-likeness (QED) is 0.164. The van der Waals surface area contributed by atoms with Gasteiger partial charge in [-0.15, -0.1) is 0 Å². The van der Waals surface area contributed by atoms with Gasteiger partial charge in [-0.3, -0.25) is 0 Å². The van der Waals surface area contributed by atoms with Crippen LogP contribution in [0.2, 0.25) is 0 Å². The number of anilines is 3. The van der Waals surface area contributed by atoms with E-state index in [0.29, 0.717) is 0 Å². The van der Waals surface area contributed by atoms with Crippen LogP contribution in [0.15, 0.2) is 237 Å². The number of fused-ring (bicyclic) bond motifs is 11. The van der Waals surface area contributed by atoms with E-state index in [0.717, 1.165) is 39.7 Å². The van der Waals surface area contributed by atoms with Gasteiger partial charge in [0.25, 0.3) is 0 Å². The molecule has 0 atom stereocenters. The third-order valence-corrected chi connectivity index (χ3v) is 13.5. The van der Waals surface area contributed by atoms with Crippen LogP contribution in [-0.2, 0) is 5.41 Å². The molecule has 2 heterocycles. The first-order chi connectivity index (χ1) is 31.3. The molecule has 0 radical (unpaired) electrons. The molecule has 11 aromatic rings. The average Bonchev–Trinajstić information content (AvgIpc) is 3.36. The predicted molar refractivity (Wildman–Crippen MR) is 262 cm³/mol. The highest BCUT2D eigenvalue weighted by Crippen LogP contribution is 2.64. The molecule has 0 N–H and O–H groups in total. The number of benzene rings is 11. The van der Waals surface area contributed by atoms with Gasteiger partial charge in [-0.2, -0.15) is 0 Å². The Bertz CT molecular complexity index is 3410. The molecule has 63 heavy (non-hydrogen) atoms. The van der Waals surface area contributed by atoms with Gasteiger partial charge in [0, 0.05) is 21.9 Å². The van der Waals surface area contributed by atoms with Crippen molar-refractivity contribution in [1.82, 2.24) is 0 Å². The van der Waals surface area contributed by atoms with E-state index in [9.17, 15) is 0 Å². The fourth-order valence-corrected chi connectivity index (χ4v) is 10.9. The van der Waals surface area contributed by atoms with Gasteiger partial charge in [0.2, 0.25) is 0 Å². The summed E-state index contributed by atoms with van der Waals surface area (Å²) in [7, 11) is 0. The van der Waals surface area contributed by atoms with Crippen LogP contribution in [0.25, 0.3) is 65.7 Å². The van der Waals surface area contributed by atoms with Gasteiger partial charge < -0.3 is 9.64 Å². The molecule has 13 rings (SSSR count). The summed E-state index contributed by atoms with van der Waals surface area (Å²) in [6.45, 7) is 0. The Hall–Kier alpha value is -8.20. The Morgan fingerprint density at radius 2 is 0.762 bits per heavy atom. The summed E-state index contributed by atoms with van der Waals surface area (Å²) in [5, 5.41) is 7.30. The molecule has 0 aromatic heterocycles. The second-order valence-corrected chi connectivity index (χ2v) is 16.7. The molecular formula is C61H39NO. The van der Waals surface area contributed by atoms with Crippen LogP contribution in [0, 0.1) is 0 Å². The first-order valence-electron chi connectivity index (χ1n) is 21.8. The van der Waals surface area contributed by atoms with Crippen molar-refractivity contribution >= 4 is 49.4 Å². The van der Waals surface area contributed by atoms with Crippen molar-refractivity contribution in [3.8, 4) is 44.9 Å². The van der Waals surface area contributed by atoms with E-state index in [1.54, 1.807) is 0 Å². The minimum Gasteiger partial charge on any atom is -0.457 e. The zero-order valence-corrected chi connectivity index (χ0v) is 34.4. The van der Waals surface area contributed by atoms with Crippen LogP contribution in [-0.4, -0.2) is 0 Å². The number of para-hydroxylation sites is 2. The van der Waals surface area contributed by atoms with E-state index in [1.807, 2.05) is 0 Å². The molecule has 0 fully saturated rings. The van der Waals surface area contributed by atoms with E-state index in [1.165, 1.54) is 76.8 Å². The van der Waals surface area contributed by atoms with E-state index in [2.05, 4.69) is 241 Å². The van der Waals surface area contributed by atoms with Crippen LogP contribution < -0.4 is 9.64 Å². The average molecular weight is 802 g/mol. The highest BCUT2D eigenvalue weighted by atomic mass is 16.5. The van der Waals surface area contributed by atoms with Crippen molar-refractivity contribution in [1.29, 1.82) is 0 Å². The van der Waals surface area contributed by atoms with Gasteiger partial charge in [0.05, 0.1) is 22.5 Å². The van der Waals surface area contributed by atoms with Crippen molar-refractivity contribution in [3.63, 3.8) is 0 Å². The van der Waals surface area contributed by atoms with Crippen molar-refractivity contribution in [2.45, 2.75) is 5.41 Å². The number of rotatable bonds is 4. The second-order valence-electron chi connectivity index (χ2n) is 16.7. The maximum absolute atomic E-state index is 6.86. The highest BCUT2D eigenvalue weighted by Gasteiger charge is 2.51. The molecule has 2 aliphatic heterocycles. The summed E-state index contributed by atoms with van der Waals surface area (Å²) in [5.74, 6) is 1.74. The SMILES string of the molecule is c1ccc(-c2ccc3c(c2)C2(c4ccccc4Oc4ccccc42)c2cc(-c4ccccc4)ccc2N3c2c3ccccc3c(-c3cccc4ccccc34)c3ccccc23)cc1. The van der Waals surface area contributed by atoms with Crippen molar-refractivity contribution in [2.75, 3.05) is 4.90 Å². The van der Waals surface area contributed by atoms with E-state index in [4.69, 9.17) is 4.74 Å². The summed E-state index contributed by atoms with van der Waals surface area (Å²) >= 11 is 0. The lowest BCUT2D eigenvalue weighted by Gasteiger charge is -2.49. The lowest BCUT2D eigenvalue weighted by Crippen LogP contribution is -2.40. The van der Waals surface area contributed by atoms with E-state index >= 15 is 0 Å². The zero-order valence-electron chi connectivity index (χ0n) is 34.4. The van der Waals surface area contributed by atoms with Gasteiger partial charge >= 0.3 is 0 Å². The lowest BCUT2D eigenvalue weighted by atomic mass is 9.60. The lowest BCUT2D eigenvalue weighted by molar-refractivity contribution is 0.434. The van der Waals surface area contributed by atoms with Crippen molar-refractivity contribution < 1.29 is 4.74 Å². The summed E-state index contributed by atoms with van der Waals surface area (Å²) in [6.07, 6.45) is 0. The van der Waals surface area contributed by atoms with Crippen LogP contribution in [0.4, 0.5) is 17.1 Å². The summed E-state index contributed by atoms with van der Waals surface area (Å²) < 4.78 is 6.86. The topological polar surface area (TPSA) is 12.5 Å². The summed E-state index contributed by atoms with van der Waals surface area (Å²) in [5.41, 5.74) is 14.5. The number of hydrogen-bond donors (Lipinski definition) is 0. The van der Waals surface area contributed by atoms with Crippen LogP contribution in [0.1, 0.15) is 22.3 Å². The molecule has 0 aliphatic carbocycles. The highest BCUT2D eigenvalue weighted by molar-refractivity contribution is 6.24. The van der Waals surface area contributed by atoms with Crippen LogP contribution in [0.5, 0.6) is 11.5 Å². The van der Waals surface area contributed by atoms with Crippen LogP contribution in [0.3, 0.4) is 0 Å². The molecule has 11 aromatic carbocycles. The first kappa shape index (κ1) is 35.5. The Labute approximate surface area is 366 Å². The van der Waals surface area contributed by atoms with E-state index < -0.39 is 5.41 Å². The molecule has 1 spiro atoms. The summed E-state index contributed by atoms with van der Waals surface area (Å²) in [4.78, 5) is 2.58. The van der Waals surface area contributed by atoms with Crippen LogP contribution >= 0.6 is 0 Å². The Kier molecular flexibility index (Phi) is 7.85. The molecule has 294 valence electrons. The molecular weight excluding hydrogens is 763 g/mol. The Balaban J connectivity index is 1.21. The maximum Gasteiger partial charge on any atom is 0.132 e. The normalized spacial score (nSPS) is 13.3. The summed E-state index contributed by atoms with van der Waals surface area (Å²) in [6, 6.07) is 86.7. The largest absolute Gasteiger partial charge is 0.457 e. The number of nitrogens with zero attached hydrogens (tertiary/aromatic N) is 1. The maximum atomic E-state index is 6.86. The van der Waals surface area contributed by atoms with Gasteiger partial charge in [-0.1, -0.05) is 200 Å². The van der Waals surface area contributed by atoms with Gasteiger partial charge in [-0.25, -0.2) is 0 Å². The molecule has 0 unspecified atom stereocenters. The van der Waals surface area contributed by atoms with Gasteiger partial charge in [0.1, 0.15) is 11.5 Å². The van der Waals surface area contributed by atoms with Crippen molar-refractivity contribution in [2.24, 2.45) is 0 Å². The third-order valence-electron chi connectivity index (χ3n) is 13.5. The molecule has 0 saturated heterocycles. The van der Waals surface area contributed by atoms with E-state index in [-0.39, 0.29) is 0 Å². The monoisotopic (exact) mass is 801 g/mol. The minimum atomic E-state index is -0.739. The molecule has 2 nitrogen and oxygen atoms in total. The molecule has 2 heteroatoms. The predicted octanol–water partition coefficient (Wildman–Crippen LogP) is 16.4. The first-order valence-corrected chi connectivity index (χ1v) is 21.8. The van der Waals surface area contributed by atoms with Gasteiger partial charge in [-0.05, 0) is 102 Å². The molecule has 0 bridgehead atoms. The third kappa shape index (κ3) is 5.19.